The van der Waals surface area contributed by atoms with Crippen LogP contribution in [0.2, 0.25) is 0 Å². The molecule has 0 bridgehead atoms. The summed E-state index contributed by atoms with van der Waals surface area (Å²) < 4.78 is 12.2. The highest BCUT2D eigenvalue weighted by molar-refractivity contribution is 9.10. The van der Waals surface area contributed by atoms with Crippen molar-refractivity contribution < 1.29 is 19.4 Å². The first-order valence-corrected chi connectivity index (χ1v) is 7.10. The van der Waals surface area contributed by atoms with Crippen molar-refractivity contribution in [2.45, 2.75) is 26.7 Å². The van der Waals surface area contributed by atoms with E-state index in [1.165, 1.54) is 0 Å². The normalized spacial score (nSPS) is 15.7. The highest BCUT2D eigenvalue weighted by Crippen LogP contribution is 2.40. The average Bonchev–Trinajstić information content (AvgIpc) is 2.59. The molecule has 1 aromatic rings. The molecule has 0 fully saturated rings. The number of carboxylic acids is 1. The minimum Gasteiger partial charge on any atom is -0.490 e. The lowest BCUT2D eigenvalue weighted by Crippen LogP contribution is -2.13. The smallest absolute Gasteiger partial charge is 0.306 e. The van der Waals surface area contributed by atoms with Gasteiger partial charge in [0.1, 0.15) is 0 Å². The van der Waals surface area contributed by atoms with Crippen LogP contribution in [0.25, 0.3) is 0 Å². The third kappa shape index (κ3) is 3.03. The Hall–Kier alpha value is -1.23. The van der Waals surface area contributed by atoms with Gasteiger partial charge in [0.05, 0.1) is 19.1 Å². The SMILES string of the molecule is Cc1c(CC(C)C(=O)O)c(Br)cc2c1OCCCO2. The number of rotatable bonds is 3. The van der Waals surface area contributed by atoms with Crippen molar-refractivity contribution in [3.63, 3.8) is 0 Å². The summed E-state index contributed by atoms with van der Waals surface area (Å²) in [5.74, 6) is 0.250. The van der Waals surface area contributed by atoms with Crippen LogP contribution < -0.4 is 9.47 Å². The first-order valence-electron chi connectivity index (χ1n) is 6.31. The summed E-state index contributed by atoms with van der Waals surface area (Å²) in [6.45, 7) is 4.92. The summed E-state index contributed by atoms with van der Waals surface area (Å²) in [6.07, 6.45) is 1.32. The fraction of sp³-hybridized carbons (Fsp3) is 0.500. The molecule has 1 aliphatic heterocycles. The molecule has 0 aromatic heterocycles. The molecule has 19 heavy (non-hydrogen) atoms. The minimum absolute atomic E-state index is 0.431. The van der Waals surface area contributed by atoms with E-state index >= 15 is 0 Å². The molecule has 1 atom stereocenters. The molecule has 1 heterocycles. The van der Waals surface area contributed by atoms with E-state index in [0.29, 0.717) is 19.6 Å². The first-order chi connectivity index (χ1) is 9.00. The van der Waals surface area contributed by atoms with Gasteiger partial charge >= 0.3 is 5.97 Å². The van der Waals surface area contributed by atoms with Gasteiger partial charge in [0.15, 0.2) is 11.5 Å². The van der Waals surface area contributed by atoms with E-state index in [4.69, 9.17) is 14.6 Å². The third-order valence-electron chi connectivity index (χ3n) is 3.29. The highest BCUT2D eigenvalue weighted by atomic mass is 79.9. The zero-order valence-electron chi connectivity index (χ0n) is 11.0. The van der Waals surface area contributed by atoms with Crippen LogP contribution in [0.15, 0.2) is 10.5 Å². The van der Waals surface area contributed by atoms with Crippen LogP contribution >= 0.6 is 15.9 Å². The molecule has 4 nitrogen and oxygen atoms in total. The Bertz CT molecular complexity index is 499. The molecule has 1 unspecified atom stereocenters. The zero-order valence-corrected chi connectivity index (χ0v) is 12.6. The Labute approximate surface area is 120 Å². The van der Waals surface area contributed by atoms with Gasteiger partial charge < -0.3 is 14.6 Å². The Balaban J connectivity index is 2.39. The van der Waals surface area contributed by atoms with Gasteiger partial charge in [-0.1, -0.05) is 22.9 Å². The number of halogens is 1. The number of fused-ring (bicyclic) bond motifs is 1. The Morgan fingerprint density at radius 2 is 2.16 bits per heavy atom. The predicted molar refractivity (Wildman–Crippen MR) is 75.0 cm³/mol. The van der Waals surface area contributed by atoms with Crippen molar-refractivity contribution >= 4 is 21.9 Å². The van der Waals surface area contributed by atoms with E-state index in [1.54, 1.807) is 6.92 Å². The number of aliphatic carboxylic acids is 1. The van der Waals surface area contributed by atoms with Crippen LogP contribution in [-0.4, -0.2) is 24.3 Å². The topological polar surface area (TPSA) is 55.8 Å². The van der Waals surface area contributed by atoms with Crippen LogP contribution in [0.4, 0.5) is 0 Å². The summed E-state index contributed by atoms with van der Waals surface area (Å²) in [5, 5.41) is 9.04. The van der Waals surface area contributed by atoms with E-state index in [0.717, 1.165) is 33.5 Å². The van der Waals surface area contributed by atoms with Crippen LogP contribution in [0.5, 0.6) is 11.5 Å². The Kier molecular flexibility index (Phi) is 4.34. The second-order valence-electron chi connectivity index (χ2n) is 4.78. The van der Waals surface area contributed by atoms with E-state index in [-0.39, 0.29) is 0 Å². The maximum Gasteiger partial charge on any atom is 0.306 e. The fourth-order valence-electron chi connectivity index (χ4n) is 2.11. The maximum absolute atomic E-state index is 11.0. The van der Waals surface area contributed by atoms with E-state index in [9.17, 15) is 4.79 Å². The predicted octanol–water partition coefficient (Wildman–Crippen LogP) is 3.18. The lowest BCUT2D eigenvalue weighted by molar-refractivity contribution is -0.141. The number of ether oxygens (including phenoxy) is 2. The quantitative estimate of drug-likeness (QED) is 0.925. The van der Waals surface area contributed by atoms with Crippen LogP contribution in [0.1, 0.15) is 24.5 Å². The molecule has 2 rings (SSSR count). The van der Waals surface area contributed by atoms with Gasteiger partial charge in [-0.25, -0.2) is 0 Å². The molecule has 0 saturated heterocycles. The summed E-state index contributed by atoms with van der Waals surface area (Å²) in [5.41, 5.74) is 1.93. The van der Waals surface area contributed by atoms with Crippen molar-refractivity contribution in [3.05, 3.63) is 21.7 Å². The number of carbonyl (C=O) groups is 1. The summed E-state index contributed by atoms with van der Waals surface area (Å²) in [6, 6.07) is 1.87. The summed E-state index contributed by atoms with van der Waals surface area (Å²) >= 11 is 3.50. The Morgan fingerprint density at radius 3 is 2.84 bits per heavy atom. The van der Waals surface area contributed by atoms with Crippen molar-refractivity contribution in [2.75, 3.05) is 13.2 Å². The zero-order chi connectivity index (χ0) is 14.0. The minimum atomic E-state index is -0.793. The molecule has 1 aromatic carbocycles. The van der Waals surface area contributed by atoms with E-state index < -0.39 is 11.9 Å². The average molecular weight is 329 g/mol. The highest BCUT2D eigenvalue weighted by Gasteiger charge is 2.21. The van der Waals surface area contributed by atoms with Gasteiger partial charge in [-0.2, -0.15) is 0 Å². The molecule has 5 heteroatoms. The van der Waals surface area contributed by atoms with E-state index in [2.05, 4.69) is 15.9 Å². The molecular weight excluding hydrogens is 312 g/mol. The van der Waals surface area contributed by atoms with Gasteiger partial charge in [0.25, 0.3) is 0 Å². The van der Waals surface area contributed by atoms with Crippen molar-refractivity contribution in [1.82, 2.24) is 0 Å². The molecule has 0 radical (unpaired) electrons. The first kappa shape index (κ1) is 14.2. The third-order valence-corrected chi connectivity index (χ3v) is 4.00. The molecule has 0 amide bonds. The van der Waals surface area contributed by atoms with Gasteiger partial charge in [-0.05, 0) is 30.5 Å². The standard InChI is InChI=1S/C14H17BrO4/c1-8(14(16)17)6-10-9(2)13-12(7-11(10)15)18-4-3-5-19-13/h7-8H,3-6H2,1-2H3,(H,16,17). The fourth-order valence-corrected chi connectivity index (χ4v) is 2.78. The van der Waals surface area contributed by atoms with Crippen molar-refractivity contribution in [1.29, 1.82) is 0 Å². The monoisotopic (exact) mass is 328 g/mol. The number of hydrogen-bond acceptors (Lipinski definition) is 3. The molecule has 1 N–H and O–H groups in total. The van der Waals surface area contributed by atoms with Crippen LogP contribution in [0.3, 0.4) is 0 Å². The number of hydrogen-bond donors (Lipinski definition) is 1. The maximum atomic E-state index is 11.0. The second kappa shape index (κ2) is 5.82. The van der Waals surface area contributed by atoms with Gasteiger partial charge in [0, 0.05) is 10.9 Å². The Morgan fingerprint density at radius 1 is 1.47 bits per heavy atom. The van der Waals surface area contributed by atoms with Gasteiger partial charge in [0.2, 0.25) is 0 Å². The van der Waals surface area contributed by atoms with E-state index in [1.807, 2.05) is 13.0 Å². The van der Waals surface area contributed by atoms with Gasteiger partial charge in [-0.3, -0.25) is 4.79 Å². The van der Waals surface area contributed by atoms with Gasteiger partial charge in [-0.15, -0.1) is 0 Å². The molecule has 1 aliphatic rings. The number of benzene rings is 1. The second-order valence-corrected chi connectivity index (χ2v) is 5.64. The molecule has 0 saturated carbocycles. The lowest BCUT2D eigenvalue weighted by atomic mass is 9.96. The summed E-state index contributed by atoms with van der Waals surface area (Å²) in [7, 11) is 0. The van der Waals surface area contributed by atoms with Crippen molar-refractivity contribution in [2.24, 2.45) is 5.92 Å². The van der Waals surface area contributed by atoms with Crippen LogP contribution in [-0.2, 0) is 11.2 Å². The largest absolute Gasteiger partial charge is 0.490 e. The molecule has 104 valence electrons. The molecular formula is C14H17BrO4. The molecule has 0 aliphatic carbocycles. The summed E-state index contributed by atoms with van der Waals surface area (Å²) in [4.78, 5) is 11.0. The lowest BCUT2D eigenvalue weighted by Gasteiger charge is -2.17. The molecule has 0 spiro atoms. The number of carboxylic acid groups (broad SMARTS) is 1. The van der Waals surface area contributed by atoms with Crippen LogP contribution in [0, 0.1) is 12.8 Å². The van der Waals surface area contributed by atoms with Crippen molar-refractivity contribution in [3.8, 4) is 11.5 Å².